The highest BCUT2D eigenvalue weighted by molar-refractivity contribution is 14.1. The molecule has 0 fully saturated rings. The third-order valence-corrected chi connectivity index (χ3v) is 2.35. The molecule has 14 heavy (non-hydrogen) atoms. The first kappa shape index (κ1) is 9.25. The van der Waals surface area contributed by atoms with E-state index >= 15 is 0 Å². The molecule has 0 aliphatic rings. The molecule has 0 radical (unpaired) electrons. The Balaban J connectivity index is 2.54. The van der Waals surface area contributed by atoms with E-state index < -0.39 is 0 Å². The van der Waals surface area contributed by atoms with Gasteiger partial charge in [-0.05, 0) is 28.7 Å². The molecule has 2 aromatic heterocycles. The highest BCUT2D eigenvalue weighted by atomic mass is 127. The Morgan fingerprint density at radius 1 is 1.36 bits per heavy atom. The van der Waals surface area contributed by atoms with E-state index in [2.05, 4.69) is 19.9 Å². The molecule has 0 amide bonds. The Morgan fingerprint density at radius 3 is 2.86 bits per heavy atom. The molecule has 0 aliphatic carbocycles. The van der Waals surface area contributed by atoms with Crippen LogP contribution in [-0.4, -0.2) is 19.9 Å². The van der Waals surface area contributed by atoms with Crippen molar-refractivity contribution in [1.82, 2.24) is 19.9 Å². The maximum atomic E-state index is 11.3. The SMILES string of the molecule is O=c1[nH]c(-c2ccncn2)ncc1I. The third-order valence-electron chi connectivity index (χ3n) is 1.58. The number of aromatic nitrogens is 4. The Hall–Kier alpha value is -1.31. The van der Waals surface area contributed by atoms with Crippen LogP contribution in [0.5, 0.6) is 0 Å². The van der Waals surface area contributed by atoms with Crippen molar-refractivity contribution in [2.45, 2.75) is 0 Å². The Labute approximate surface area is 92.8 Å². The van der Waals surface area contributed by atoms with Crippen molar-refractivity contribution < 1.29 is 0 Å². The Kier molecular flexibility index (Phi) is 2.53. The maximum absolute atomic E-state index is 11.3. The normalized spacial score (nSPS) is 10.1. The average molecular weight is 300 g/mol. The van der Waals surface area contributed by atoms with Crippen molar-refractivity contribution in [3.63, 3.8) is 0 Å². The van der Waals surface area contributed by atoms with Gasteiger partial charge >= 0.3 is 0 Å². The van der Waals surface area contributed by atoms with E-state index in [0.717, 1.165) is 0 Å². The summed E-state index contributed by atoms with van der Waals surface area (Å²) in [5, 5.41) is 0. The zero-order valence-corrected chi connectivity index (χ0v) is 9.09. The largest absolute Gasteiger partial charge is 0.304 e. The summed E-state index contributed by atoms with van der Waals surface area (Å²) in [7, 11) is 0. The fourth-order valence-corrected chi connectivity index (χ4v) is 1.21. The van der Waals surface area contributed by atoms with E-state index in [0.29, 0.717) is 15.1 Å². The van der Waals surface area contributed by atoms with Crippen LogP contribution in [0.2, 0.25) is 0 Å². The van der Waals surface area contributed by atoms with Gasteiger partial charge in [-0.1, -0.05) is 0 Å². The van der Waals surface area contributed by atoms with E-state index in [4.69, 9.17) is 0 Å². The molecule has 0 aliphatic heterocycles. The predicted octanol–water partition coefficient (Wildman–Crippen LogP) is 0.831. The molecule has 1 N–H and O–H groups in total. The standard InChI is InChI=1S/C8H5IN4O/c9-5-3-11-7(13-8(5)14)6-1-2-10-4-12-6/h1-4H,(H,11,13,14). The zero-order valence-electron chi connectivity index (χ0n) is 6.94. The third kappa shape index (κ3) is 1.79. The summed E-state index contributed by atoms with van der Waals surface area (Å²) < 4.78 is 0.556. The second-order valence-corrected chi connectivity index (χ2v) is 3.67. The molecule has 0 aromatic carbocycles. The summed E-state index contributed by atoms with van der Waals surface area (Å²) in [4.78, 5) is 25.7. The smallest absolute Gasteiger partial charge is 0.264 e. The lowest BCUT2D eigenvalue weighted by Crippen LogP contribution is -2.11. The predicted molar refractivity (Wildman–Crippen MR) is 58.6 cm³/mol. The fourth-order valence-electron chi connectivity index (χ4n) is 0.940. The monoisotopic (exact) mass is 300 g/mol. The number of halogens is 1. The topological polar surface area (TPSA) is 71.5 Å². The average Bonchev–Trinajstić information content (AvgIpc) is 2.23. The Bertz CT molecular complexity index is 496. The molecule has 2 aromatic rings. The minimum Gasteiger partial charge on any atom is -0.304 e. The number of hydrogen-bond acceptors (Lipinski definition) is 4. The van der Waals surface area contributed by atoms with E-state index in [1.807, 2.05) is 22.6 Å². The van der Waals surface area contributed by atoms with Gasteiger partial charge < -0.3 is 4.98 Å². The lowest BCUT2D eigenvalue weighted by atomic mass is 10.4. The van der Waals surface area contributed by atoms with Crippen LogP contribution in [0.4, 0.5) is 0 Å². The van der Waals surface area contributed by atoms with Crippen molar-refractivity contribution in [2.24, 2.45) is 0 Å². The van der Waals surface area contributed by atoms with Crippen molar-refractivity contribution in [1.29, 1.82) is 0 Å². The second kappa shape index (κ2) is 3.82. The van der Waals surface area contributed by atoms with Gasteiger partial charge in [-0.3, -0.25) is 4.79 Å². The molecule has 0 atom stereocenters. The summed E-state index contributed by atoms with van der Waals surface area (Å²) in [6, 6.07) is 1.69. The molecule has 2 rings (SSSR count). The first-order valence-corrected chi connectivity index (χ1v) is 4.86. The molecule has 6 heteroatoms. The number of H-pyrrole nitrogens is 1. The zero-order chi connectivity index (χ0) is 9.97. The van der Waals surface area contributed by atoms with Crippen molar-refractivity contribution in [3.8, 4) is 11.5 Å². The summed E-state index contributed by atoms with van der Waals surface area (Å²) in [5.41, 5.74) is 0.447. The van der Waals surface area contributed by atoms with Crippen LogP contribution in [0.3, 0.4) is 0 Å². The van der Waals surface area contributed by atoms with Gasteiger partial charge in [0.15, 0.2) is 5.82 Å². The summed E-state index contributed by atoms with van der Waals surface area (Å²) in [5.74, 6) is 0.456. The van der Waals surface area contributed by atoms with Gasteiger partial charge in [-0.15, -0.1) is 0 Å². The molecule has 0 saturated heterocycles. The van der Waals surface area contributed by atoms with E-state index in [-0.39, 0.29) is 5.56 Å². The van der Waals surface area contributed by atoms with E-state index in [1.165, 1.54) is 12.5 Å². The number of aromatic amines is 1. The first-order chi connectivity index (χ1) is 6.77. The molecule has 0 bridgehead atoms. The van der Waals surface area contributed by atoms with Gasteiger partial charge in [0.25, 0.3) is 5.56 Å². The molecular formula is C8H5IN4O. The van der Waals surface area contributed by atoms with Gasteiger partial charge in [0, 0.05) is 12.4 Å². The highest BCUT2D eigenvalue weighted by Gasteiger charge is 2.02. The molecule has 0 spiro atoms. The van der Waals surface area contributed by atoms with Gasteiger partial charge in [0.05, 0.1) is 3.57 Å². The van der Waals surface area contributed by atoms with Crippen LogP contribution in [0.1, 0.15) is 0 Å². The first-order valence-electron chi connectivity index (χ1n) is 3.78. The molecular weight excluding hydrogens is 295 g/mol. The molecule has 0 unspecified atom stereocenters. The molecule has 70 valence electrons. The van der Waals surface area contributed by atoms with Gasteiger partial charge in [0.1, 0.15) is 12.0 Å². The highest BCUT2D eigenvalue weighted by Crippen LogP contribution is 2.07. The summed E-state index contributed by atoms with van der Waals surface area (Å²) in [6.07, 6.45) is 4.52. The van der Waals surface area contributed by atoms with Crippen LogP contribution in [0, 0.1) is 3.57 Å². The maximum Gasteiger partial charge on any atom is 0.264 e. The lowest BCUT2D eigenvalue weighted by molar-refractivity contribution is 1.07. The molecule has 0 saturated carbocycles. The van der Waals surface area contributed by atoms with Crippen molar-refractivity contribution >= 4 is 22.6 Å². The minimum atomic E-state index is -0.158. The van der Waals surface area contributed by atoms with E-state index in [9.17, 15) is 4.79 Å². The van der Waals surface area contributed by atoms with Crippen LogP contribution in [-0.2, 0) is 0 Å². The van der Waals surface area contributed by atoms with Crippen molar-refractivity contribution in [3.05, 3.63) is 38.7 Å². The van der Waals surface area contributed by atoms with Crippen molar-refractivity contribution in [2.75, 3.05) is 0 Å². The van der Waals surface area contributed by atoms with Gasteiger partial charge in [-0.25, -0.2) is 15.0 Å². The van der Waals surface area contributed by atoms with Gasteiger partial charge in [-0.2, -0.15) is 0 Å². The summed E-state index contributed by atoms with van der Waals surface area (Å²) in [6.45, 7) is 0. The lowest BCUT2D eigenvalue weighted by Gasteiger charge is -1.97. The van der Waals surface area contributed by atoms with Crippen LogP contribution in [0.25, 0.3) is 11.5 Å². The van der Waals surface area contributed by atoms with E-state index in [1.54, 1.807) is 12.3 Å². The van der Waals surface area contributed by atoms with Crippen LogP contribution >= 0.6 is 22.6 Å². The number of hydrogen-bond donors (Lipinski definition) is 1. The minimum absolute atomic E-state index is 0.158. The number of nitrogens with one attached hydrogen (secondary N) is 1. The van der Waals surface area contributed by atoms with Crippen LogP contribution in [0.15, 0.2) is 29.6 Å². The quantitative estimate of drug-likeness (QED) is 0.792. The van der Waals surface area contributed by atoms with Gasteiger partial charge in [0.2, 0.25) is 0 Å². The Morgan fingerprint density at radius 2 is 2.21 bits per heavy atom. The second-order valence-electron chi connectivity index (χ2n) is 2.50. The molecule has 2 heterocycles. The summed E-state index contributed by atoms with van der Waals surface area (Å²) >= 11 is 1.92. The molecule has 5 nitrogen and oxygen atoms in total. The number of nitrogens with zero attached hydrogens (tertiary/aromatic N) is 3. The number of rotatable bonds is 1. The fraction of sp³-hybridized carbons (Fsp3) is 0. The van der Waals surface area contributed by atoms with Crippen LogP contribution < -0.4 is 5.56 Å².